The Kier molecular flexibility index (Phi) is 8.28. The normalized spacial score (nSPS) is 13.9. The fourth-order valence-corrected chi connectivity index (χ4v) is 2.47. The molecule has 1 aromatic carbocycles. The number of aliphatic hydroxyl groups is 1. The summed E-state index contributed by atoms with van der Waals surface area (Å²) in [6.07, 6.45) is -0.661. The molecule has 0 aromatic heterocycles. The Morgan fingerprint density at radius 2 is 1.67 bits per heavy atom. The summed E-state index contributed by atoms with van der Waals surface area (Å²) in [6.45, 7) is 15.2. The lowest BCUT2D eigenvalue weighted by Gasteiger charge is -2.21. The van der Waals surface area contributed by atoms with Gasteiger partial charge in [-0.25, -0.2) is 4.99 Å². The first-order valence-electron chi connectivity index (χ1n) is 9.54. The number of aliphatic hydroxyl groups excluding tert-OH is 1. The van der Waals surface area contributed by atoms with Crippen LogP contribution in [-0.2, 0) is 10.2 Å². The first-order valence-corrected chi connectivity index (χ1v) is 9.54. The Balaban J connectivity index is 2.65. The molecular formula is C21H36N4O2. The molecule has 0 heterocycles. The maximum absolute atomic E-state index is 11.9. The summed E-state index contributed by atoms with van der Waals surface area (Å²) in [5.74, 6) is 0.366. The third-order valence-corrected chi connectivity index (χ3v) is 3.86. The van der Waals surface area contributed by atoms with Gasteiger partial charge in [-0.15, -0.1) is 0 Å². The summed E-state index contributed by atoms with van der Waals surface area (Å²) in [4.78, 5) is 16.2. The van der Waals surface area contributed by atoms with Gasteiger partial charge in [0.15, 0.2) is 5.96 Å². The van der Waals surface area contributed by atoms with Crippen LogP contribution in [0.2, 0.25) is 0 Å². The van der Waals surface area contributed by atoms with Gasteiger partial charge in [-0.05, 0) is 44.2 Å². The van der Waals surface area contributed by atoms with Crippen molar-refractivity contribution >= 4 is 11.9 Å². The van der Waals surface area contributed by atoms with Crippen molar-refractivity contribution in [1.82, 2.24) is 16.0 Å². The van der Waals surface area contributed by atoms with Gasteiger partial charge in [0.1, 0.15) is 6.54 Å². The molecule has 1 atom stereocenters. The lowest BCUT2D eigenvalue weighted by molar-refractivity contribution is -0.121. The first-order chi connectivity index (χ1) is 12.4. The number of nitrogens with one attached hydrogen (secondary N) is 3. The Hall–Kier alpha value is -2.08. The molecule has 152 valence electrons. The molecule has 0 bridgehead atoms. The van der Waals surface area contributed by atoms with Gasteiger partial charge in [-0.2, -0.15) is 0 Å². The monoisotopic (exact) mass is 376 g/mol. The summed E-state index contributed by atoms with van der Waals surface area (Å²) in [5.41, 5.74) is 1.87. The number of carbonyl (C=O) groups excluding carboxylic acids is 1. The number of nitrogens with zero attached hydrogens (tertiary/aromatic N) is 1. The van der Waals surface area contributed by atoms with E-state index in [0.717, 1.165) is 5.56 Å². The van der Waals surface area contributed by atoms with Crippen molar-refractivity contribution in [2.24, 2.45) is 4.99 Å². The molecule has 0 radical (unpaired) electrons. The van der Waals surface area contributed by atoms with Crippen LogP contribution in [0.3, 0.4) is 0 Å². The van der Waals surface area contributed by atoms with Gasteiger partial charge in [0, 0.05) is 18.6 Å². The predicted molar refractivity (Wildman–Crippen MR) is 112 cm³/mol. The van der Waals surface area contributed by atoms with Gasteiger partial charge in [0.25, 0.3) is 0 Å². The highest BCUT2D eigenvalue weighted by atomic mass is 16.3. The van der Waals surface area contributed by atoms with Crippen molar-refractivity contribution < 1.29 is 9.90 Å². The van der Waals surface area contributed by atoms with Gasteiger partial charge in [-0.1, -0.05) is 45.0 Å². The number of hydrogen-bond donors (Lipinski definition) is 4. The van der Waals surface area contributed by atoms with Gasteiger partial charge in [-0.3, -0.25) is 4.79 Å². The second-order valence-electron chi connectivity index (χ2n) is 8.76. The molecule has 1 aromatic rings. The molecule has 6 nitrogen and oxygen atoms in total. The van der Waals surface area contributed by atoms with E-state index < -0.39 is 6.10 Å². The highest BCUT2D eigenvalue weighted by Gasteiger charge is 2.15. The number of hydrogen-bond acceptors (Lipinski definition) is 3. The maximum Gasteiger partial charge on any atom is 0.242 e. The van der Waals surface area contributed by atoms with Crippen LogP contribution >= 0.6 is 0 Å². The van der Waals surface area contributed by atoms with Crippen LogP contribution < -0.4 is 16.0 Å². The third kappa shape index (κ3) is 8.91. The molecule has 0 spiro atoms. The Morgan fingerprint density at radius 1 is 1.07 bits per heavy atom. The topological polar surface area (TPSA) is 85.8 Å². The summed E-state index contributed by atoms with van der Waals surface area (Å²) in [7, 11) is 0. The molecule has 1 rings (SSSR count). The van der Waals surface area contributed by atoms with E-state index in [-0.39, 0.29) is 23.4 Å². The van der Waals surface area contributed by atoms with Crippen LogP contribution in [0.4, 0.5) is 0 Å². The molecule has 1 unspecified atom stereocenters. The van der Waals surface area contributed by atoms with Gasteiger partial charge < -0.3 is 21.1 Å². The zero-order chi connectivity index (χ0) is 20.7. The minimum Gasteiger partial charge on any atom is -0.387 e. The SMILES string of the molecule is CCNC(=NCC(=O)NC(C)(C)C)NCC(O)c1ccc(C(C)(C)C)cc1. The quantitative estimate of drug-likeness (QED) is 0.454. The van der Waals surface area contributed by atoms with Crippen LogP contribution in [-0.4, -0.2) is 42.1 Å². The molecule has 0 aliphatic carbocycles. The minimum atomic E-state index is -0.661. The van der Waals surface area contributed by atoms with E-state index in [1.54, 1.807) is 0 Å². The summed E-state index contributed by atoms with van der Waals surface area (Å²) >= 11 is 0. The second-order valence-corrected chi connectivity index (χ2v) is 8.76. The third-order valence-electron chi connectivity index (χ3n) is 3.86. The molecule has 6 heteroatoms. The number of amides is 1. The molecule has 4 N–H and O–H groups in total. The molecule has 0 fully saturated rings. The molecule has 0 aliphatic rings. The zero-order valence-electron chi connectivity index (χ0n) is 17.8. The maximum atomic E-state index is 11.9. The summed E-state index contributed by atoms with van der Waals surface area (Å²) in [6, 6.07) is 8.00. The van der Waals surface area contributed by atoms with Crippen molar-refractivity contribution in [2.45, 2.75) is 65.5 Å². The van der Waals surface area contributed by atoms with E-state index in [1.165, 1.54) is 5.56 Å². The molecular weight excluding hydrogens is 340 g/mol. The Morgan fingerprint density at radius 3 is 2.15 bits per heavy atom. The molecule has 0 saturated heterocycles. The van der Waals surface area contributed by atoms with Crippen molar-refractivity contribution in [1.29, 1.82) is 0 Å². The number of benzene rings is 1. The highest BCUT2D eigenvalue weighted by molar-refractivity contribution is 5.85. The van der Waals surface area contributed by atoms with Gasteiger partial charge in [0.05, 0.1) is 6.10 Å². The average molecular weight is 377 g/mol. The summed E-state index contributed by atoms with van der Waals surface area (Å²) in [5, 5.41) is 19.5. The predicted octanol–water partition coefficient (Wildman–Crippen LogP) is 2.49. The molecule has 27 heavy (non-hydrogen) atoms. The standard InChI is InChI=1S/C21H36N4O2/c1-8-22-19(24-14-18(27)25-21(5,6)7)23-13-17(26)15-9-11-16(12-10-15)20(2,3)4/h9-12,17,26H,8,13-14H2,1-7H3,(H,25,27)(H2,22,23,24). The molecule has 0 saturated carbocycles. The van der Waals surface area contributed by atoms with Crippen molar-refractivity contribution in [2.75, 3.05) is 19.6 Å². The van der Waals surface area contributed by atoms with E-state index in [1.807, 2.05) is 39.8 Å². The Bertz CT molecular complexity index is 625. The van der Waals surface area contributed by atoms with Crippen LogP contribution in [0, 0.1) is 0 Å². The number of aliphatic imine (C=N–C) groups is 1. The van der Waals surface area contributed by atoms with Crippen LogP contribution in [0.15, 0.2) is 29.3 Å². The van der Waals surface area contributed by atoms with E-state index in [0.29, 0.717) is 19.0 Å². The van der Waals surface area contributed by atoms with Gasteiger partial charge >= 0.3 is 0 Å². The number of carbonyl (C=O) groups is 1. The lowest BCUT2D eigenvalue weighted by Crippen LogP contribution is -2.43. The van der Waals surface area contributed by atoms with Crippen molar-refractivity contribution in [3.05, 3.63) is 35.4 Å². The van der Waals surface area contributed by atoms with Crippen molar-refractivity contribution in [3.63, 3.8) is 0 Å². The van der Waals surface area contributed by atoms with Gasteiger partial charge in [0.2, 0.25) is 5.91 Å². The number of guanidine groups is 1. The fraction of sp³-hybridized carbons (Fsp3) is 0.619. The van der Waals surface area contributed by atoms with Crippen LogP contribution in [0.25, 0.3) is 0 Å². The van der Waals surface area contributed by atoms with E-state index in [2.05, 4.69) is 53.8 Å². The Labute approximate surface area is 163 Å². The van der Waals surface area contributed by atoms with E-state index >= 15 is 0 Å². The zero-order valence-corrected chi connectivity index (χ0v) is 17.8. The lowest BCUT2D eigenvalue weighted by atomic mass is 9.86. The van der Waals surface area contributed by atoms with E-state index in [4.69, 9.17) is 0 Å². The largest absolute Gasteiger partial charge is 0.387 e. The fourth-order valence-electron chi connectivity index (χ4n) is 2.47. The first kappa shape index (κ1) is 23.0. The molecule has 1 amide bonds. The second kappa shape index (κ2) is 9.74. The smallest absolute Gasteiger partial charge is 0.242 e. The molecule has 0 aliphatic heterocycles. The average Bonchev–Trinajstić information content (AvgIpc) is 2.55. The van der Waals surface area contributed by atoms with Crippen molar-refractivity contribution in [3.8, 4) is 0 Å². The van der Waals surface area contributed by atoms with Crippen LogP contribution in [0.5, 0.6) is 0 Å². The summed E-state index contributed by atoms with van der Waals surface area (Å²) < 4.78 is 0. The van der Waals surface area contributed by atoms with Crippen LogP contribution in [0.1, 0.15) is 65.7 Å². The minimum absolute atomic E-state index is 0.0307. The highest BCUT2D eigenvalue weighted by Crippen LogP contribution is 2.23. The van der Waals surface area contributed by atoms with E-state index in [9.17, 15) is 9.90 Å². The number of rotatable bonds is 6.